The summed E-state index contributed by atoms with van der Waals surface area (Å²) < 4.78 is 1.36. The van der Waals surface area contributed by atoms with Gasteiger partial charge in [0.2, 0.25) is 0 Å². The van der Waals surface area contributed by atoms with Crippen molar-refractivity contribution in [3.8, 4) is 11.4 Å². The van der Waals surface area contributed by atoms with E-state index < -0.39 is 11.5 Å². The molecular weight excluding hydrogens is 292 g/mol. The quantitative estimate of drug-likeness (QED) is 0.821. The lowest BCUT2D eigenvalue weighted by molar-refractivity contribution is 0.0694. The highest BCUT2D eigenvalue weighted by Crippen LogP contribution is 2.38. The molecule has 2 heterocycles. The second-order valence-electron chi connectivity index (χ2n) is 5.28. The number of halogens is 1. The Morgan fingerprint density at radius 3 is 2.86 bits per heavy atom. The molecular formula is C15H13ClN2O3. The van der Waals surface area contributed by atoms with Gasteiger partial charge in [-0.05, 0) is 35.6 Å². The molecule has 1 atom stereocenters. The van der Waals surface area contributed by atoms with Gasteiger partial charge in [0.05, 0.1) is 11.4 Å². The Hall–Kier alpha value is -2.14. The van der Waals surface area contributed by atoms with Crippen LogP contribution in [0.25, 0.3) is 11.4 Å². The molecule has 3 rings (SSSR count). The molecule has 0 bridgehead atoms. The zero-order valence-electron chi connectivity index (χ0n) is 11.6. The molecule has 0 radical (unpaired) electrons. The Labute approximate surface area is 125 Å². The van der Waals surface area contributed by atoms with Crippen LogP contribution in [0.4, 0.5) is 0 Å². The molecule has 0 aliphatic heterocycles. The van der Waals surface area contributed by atoms with Gasteiger partial charge >= 0.3 is 5.97 Å². The van der Waals surface area contributed by atoms with Gasteiger partial charge in [-0.3, -0.25) is 4.79 Å². The predicted molar refractivity (Wildman–Crippen MR) is 79.0 cm³/mol. The average molecular weight is 305 g/mol. The van der Waals surface area contributed by atoms with Gasteiger partial charge in [0.1, 0.15) is 10.7 Å². The SMILES string of the molecule is CC1Cc2ccc(Cl)nc2-c2c1cc(C(=O)O)c(=O)n2C. The summed E-state index contributed by atoms with van der Waals surface area (Å²) in [7, 11) is 1.57. The molecule has 108 valence electrons. The van der Waals surface area contributed by atoms with Crippen molar-refractivity contribution in [2.45, 2.75) is 19.3 Å². The van der Waals surface area contributed by atoms with Gasteiger partial charge in [-0.25, -0.2) is 9.78 Å². The second-order valence-corrected chi connectivity index (χ2v) is 5.67. The highest BCUT2D eigenvalue weighted by Gasteiger charge is 2.28. The summed E-state index contributed by atoms with van der Waals surface area (Å²) in [5.74, 6) is -1.10. The van der Waals surface area contributed by atoms with Gasteiger partial charge in [0.15, 0.2) is 0 Å². The van der Waals surface area contributed by atoms with Gasteiger partial charge in [-0.15, -0.1) is 0 Å². The third-order valence-electron chi connectivity index (χ3n) is 3.90. The fourth-order valence-corrected chi connectivity index (χ4v) is 3.01. The summed E-state index contributed by atoms with van der Waals surface area (Å²) in [6.45, 7) is 2.01. The van der Waals surface area contributed by atoms with E-state index in [2.05, 4.69) is 4.98 Å². The van der Waals surface area contributed by atoms with Crippen molar-refractivity contribution in [2.24, 2.45) is 7.05 Å². The molecule has 0 saturated carbocycles. The molecule has 2 aromatic heterocycles. The minimum Gasteiger partial charge on any atom is -0.477 e. The minimum atomic E-state index is -1.21. The summed E-state index contributed by atoms with van der Waals surface area (Å²) in [6, 6.07) is 5.09. The predicted octanol–water partition coefficient (Wildman–Crippen LogP) is 2.46. The zero-order valence-corrected chi connectivity index (χ0v) is 12.3. The third kappa shape index (κ3) is 2.05. The molecule has 5 nitrogen and oxygen atoms in total. The number of nitrogens with zero attached hydrogens (tertiary/aromatic N) is 2. The van der Waals surface area contributed by atoms with Crippen molar-refractivity contribution in [3.63, 3.8) is 0 Å². The van der Waals surface area contributed by atoms with Crippen LogP contribution in [0.3, 0.4) is 0 Å². The fourth-order valence-electron chi connectivity index (χ4n) is 2.86. The van der Waals surface area contributed by atoms with E-state index in [-0.39, 0.29) is 11.5 Å². The number of carboxylic acid groups (broad SMARTS) is 1. The first-order valence-electron chi connectivity index (χ1n) is 6.53. The number of aromatic carboxylic acids is 1. The molecule has 0 spiro atoms. The molecule has 1 N–H and O–H groups in total. The van der Waals surface area contributed by atoms with E-state index >= 15 is 0 Å². The summed E-state index contributed by atoms with van der Waals surface area (Å²) in [5.41, 5.74) is 2.39. The maximum atomic E-state index is 12.2. The van der Waals surface area contributed by atoms with Gasteiger partial charge in [0, 0.05) is 7.05 Å². The van der Waals surface area contributed by atoms with E-state index in [1.807, 2.05) is 13.0 Å². The van der Waals surface area contributed by atoms with Crippen molar-refractivity contribution in [2.75, 3.05) is 0 Å². The first-order chi connectivity index (χ1) is 9.90. The molecule has 21 heavy (non-hydrogen) atoms. The summed E-state index contributed by atoms with van der Waals surface area (Å²) in [4.78, 5) is 27.7. The summed E-state index contributed by atoms with van der Waals surface area (Å²) in [5, 5.41) is 9.52. The van der Waals surface area contributed by atoms with E-state index in [0.29, 0.717) is 16.5 Å². The monoisotopic (exact) mass is 304 g/mol. The number of rotatable bonds is 1. The standard InChI is InChI=1S/C15H13ClN2O3/c1-7-5-8-3-4-11(16)17-12(8)13-9(7)6-10(15(20)21)14(19)18(13)2/h3-4,6-7H,5H2,1-2H3,(H,20,21). The normalized spacial score (nSPS) is 16.2. The molecule has 0 amide bonds. The van der Waals surface area contributed by atoms with Crippen molar-refractivity contribution in [3.05, 3.63) is 50.4 Å². The number of carboxylic acids is 1. The molecule has 2 aromatic rings. The number of hydrogen-bond donors (Lipinski definition) is 1. The van der Waals surface area contributed by atoms with Crippen LogP contribution in [-0.4, -0.2) is 20.6 Å². The van der Waals surface area contributed by atoms with Crippen molar-refractivity contribution < 1.29 is 9.90 Å². The molecule has 0 aromatic carbocycles. The van der Waals surface area contributed by atoms with Crippen LogP contribution >= 0.6 is 11.6 Å². The van der Waals surface area contributed by atoms with Crippen molar-refractivity contribution >= 4 is 17.6 Å². The number of aromatic nitrogens is 2. The van der Waals surface area contributed by atoms with Crippen LogP contribution in [0, 0.1) is 0 Å². The number of fused-ring (bicyclic) bond motifs is 3. The van der Waals surface area contributed by atoms with Crippen LogP contribution in [0.15, 0.2) is 23.0 Å². The molecule has 0 saturated heterocycles. The lowest BCUT2D eigenvalue weighted by Crippen LogP contribution is -2.29. The maximum absolute atomic E-state index is 12.2. The Balaban J connectivity index is 2.40. The molecule has 1 aliphatic carbocycles. The van der Waals surface area contributed by atoms with E-state index in [1.54, 1.807) is 13.1 Å². The fraction of sp³-hybridized carbons (Fsp3) is 0.267. The van der Waals surface area contributed by atoms with Crippen LogP contribution in [0.1, 0.15) is 34.3 Å². The van der Waals surface area contributed by atoms with E-state index in [1.165, 1.54) is 10.6 Å². The van der Waals surface area contributed by atoms with Crippen LogP contribution in [0.5, 0.6) is 0 Å². The summed E-state index contributed by atoms with van der Waals surface area (Å²) in [6.07, 6.45) is 0.740. The number of carbonyl (C=O) groups is 1. The molecule has 1 aliphatic rings. The van der Waals surface area contributed by atoms with Gasteiger partial charge in [-0.1, -0.05) is 24.6 Å². The first-order valence-corrected chi connectivity index (χ1v) is 6.91. The van der Waals surface area contributed by atoms with Crippen molar-refractivity contribution in [1.82, 2.24) is 9.55 Å². The van der Waals surface area contributed by atoms with Crippen molar-refractivity contribution in [1.29, 1.82) is 0 Å². The Bertz CT molecular complexity index is 826. The first kappa shape index (κ1) is 13.8. The summed E-state index contributed by atoms with van der Waals surface area (Å²) >= 11 is 5.96. The Kier molecular flexibility index (Phi) is 3.10. The van der Waals surface area contributed by atoms with Gasteiger partial charge < -0.3 is 9.67 Å². The highest BCUT2D eigenvalue weighted by atomic mass is 35.5. The van der Waals surface area contributed by atoms with Gasteiger partial charge in [-0.2, -0.15) is 0 Å². The molecule has 0 fully saturated rings. The average Bonchev–Trinajstić information content (AvgIpc) is 2.42. The van der Waals surface area contributed by atoms with Crippen LogP contribution < -0.4 is 5.56 Å². The maximum Gasteiger partial charge on any atom is 0.341 e. The van der Waals surface area contributed by atoms with E-state index in [9.17, 15) is 9.59 Å². The second kappa shape index (κ2) is 4.70. The smallest absolute Gasteiger partial charge is 0.341 e. The number of pyridine rings is 2. The Morgan fingerprint density at radius 1 is 1.48 bits per heavy atom. The topological polar surface area (TPSA) is 72.2 Å². The minimum absolute atomic E-state index is 0.111. The van der Waals surface area contributed by atoms with E-state index in [4.69, 9.17) is 16.7 Å². The third-order valence-corrected chi connectivity index (χ3v) is 4.11. The number of hydrogen-bond acceptors (Lipinski definition) is 3. The highest BCUT2D eigenvalue weighted by molar-refractivity contribution is 6.29. The molecule has 1 unspecified atom stereocenters. The Morgan fingerprint density at radius 2 is 2.19 bits per heavy atom. The van der Waals surface area contributed by atoms with Crippen LogP contribution in [-0.2, 0) is 13.5 Å². The largest absolute Gasteiger partial charge is 0.477 e. The van der Waals surface area contributed by atoms with Crippen LogP contribution in [0.2, 0.25) is 5.15 Å². The lowest BCUT2D eigenvalue weighted by atomic mass is 9.84. The molecule has 6 heteroatoms. The zero-order chi connectivity index (χ0) is 15.3. The van der Waals surface area contributed by atoms with Gasteiger partial charge in [0.25, 0.3) is 5.56 Å². The van der Waals surface area contributed by atoms with E-state index in [0.717, 1.165) is 17.5 Å². The lowest BCUT2D eigenvalue weighted by Gasteiger charge is -2.26.